The van der Waals surface area contributed by atoms with E-state index in [1.54, 1.807) is 0 Å². The summed E-state index contributed by atoms with van der Waals surface area (Å²) in [7, 11) is 2.14. The largest absolute Gasteiger partial charge is 0.456 e. The minimum absolute atomic E-state index is 0.00846. The van der Waals surface area contributed by atoms with E-state index in [1.807, 2.05) is 6.07 Å². The van der Waals surface area contributed by atoms with E-state index in [4.69, 9.17) is 4.42 Å². The van der Waals surface area contributed by atoms with Crippen LogP contribution in [0.2, 0.25) is 0 Å². The number of hydrogen-bond donors (Lipinski definition) is 0. The van der Waals surface area contributed by atoms with Crippen LogP contribution in [0.25, 0.3) is 43.7 Å². The van der Waals surface area contributed by atoms with E-state index in [2.05, 4.69) is 80.9 Å². The maximum absolute atomic E-state index is 6.23. The van der Waals surface area contributed by atoms with Gasteiger partial charge in [-0.2, -0.15) is 0 Å². The number of nitrogens with zero attached hydrogens (tertiary/aromatic N) is 1. The fourth-order valence-corrected chi connectivity index (χ4v) is 4.27. The van der Waals surface area contributed by atoms with Gasteiger partial charge >= 0.3 is 0 Å². The van der Waals surface area contributed by atoms with Gasteiger partial charge < -0.3 is 8.98 Å². The second-order valence-corrected chi connectivity index (χ2v) is 7.94. The Balaban J connectivity index is 2.17. The Hall–Kier alpha value is -2.74. The normalized spacial score (nSPS) is 12.8. The van der Waals surface area contributed by atoms with E-state index in [0.29, 0.717) is 0 Å². The molecule has 0 atom stereocenters. The van der Waals surface area contributed by atoms with Crippen LogP contribution in [0.1, 0.15) is 26.3 Å². The SMILES string of the molecule is Cn1c2ccccc2c2c(C(C)(C)C)c3c(cc21)oc1ccccc13. The lowest BCUT2D eigenvalue weighted by Crippen LogP contribution is -2.12. The molecular formula is C23H21NO. The summed E-state index contributed by atoms with van der Waals surface area (Å²) in [6.45, 7) is 6.89. The molecule has 0 bridgehead atoms. The molecule has 0 aliphatic rings. The second-order valence-electron chi connectivity index (χ2n) is 7.94. The van der Waals surface area contributed by atoms with Crippen molar-refractivity contribution in [1.29, 1.82) is 0 Å². The van der Waals surface area contributed by atoms with Gasteiger partial charge in [0.05, 0.1) is 5.52 Å². The van der Waals surface area contributed by atoms with Gasteiger partial charge in [0, 0.05) is 40.2 Å². The number of para-hydroxylation sites is 2. The number of rotatable bonds is 0. The molecule has 2 nitrogen and oxygen atoms in total. The topological polar surface area (TPSA) is 18.1 Å². The fraction of sp³-hybridized carbons (Fsp3) is 0.217. The highest BCUT2D eigenvalue weighted by Gasteiger charge is 2.26. The van der Waals surface area contributed by atoms with Crippen LogP contribution >= 0.6 is 0 Å². The van der Waals surface area contributed by atoms with Crippen LogP contribution in [0.3, 0.4) is 0 Å². The predicted molar refractivity (Wildman–Crippen MR) is 106 cm³/mol. The van der Waals surface area contributed by atoms with E-state index in [-0.39, 0.29) is 5.41 Å². The van der Waals surface area contributed by atoms with Gasteiger partial charge in [-0.1, -0.05) is 57.2 Å². The zero-order valence-electron chi connectivity index (χ0n) is 15.1. The number of hydrogen-bond acceptors (Lipinski definition) is 1. The maximum atomic E-state index is 6.23. The van der Waals surface area contributed by atoms with Crippen LogP contribution in [-0.2, 0) is 12.5 Å². The average molecular weight is 327 g/mol. The van der Waals surface area contributed by atoms with Crippen molar-refractivity contribution < 1.29 is 4.42 Å². The summed E-state index contributed by atoms with van der Waals surface area (Å²) in [4.78, 5) is 0. The summed E-state index contributed by atoms with van der Waals surface area (Å²) in [5, 5.41) is 5.13. The lowest BCUT2D eigenvalue weighted by Gasteiger charge is -2.22. The van der Waals surface area contributed by atoms with Crippen molar-refractivity contribution in [3.8, 4) is 0 Å². The molecule has 0 saturated carbocycles. The van der Waals surface area contributed by atoms with Crippen molar-refractivity contribution in [2.75, 3.05) is 0 Å². The predicted octanol–water partition coefficient (Wildman–Crippen LogP) is 6.53. The molecule has 124 valence electrons. The van der Waals surface area contributed by atoms with E-state index in [0.717, 1.165) is 11.2 Å². The first kappa shape index (κ1) is 14.6. The van der Waals surface area contributed by atoms with E-state index in [1.165, 1.54) is 38.1 Å². The smallest absolute Gasteiger partial charge is 0.137 e. The molecule has 2 heterocycles. The summed E-state index contributed by atoms with van der Waals surface area (Å²) in [6.07, 6.45) is 0. The summed E-state index contributed by atoms with van der Waals surface area (Å²) >= 11 is 0. The Morgan fingerprint density at radius 2 is 1.44 bits per heavy atom. The van der Waals surface area contributed by atoms with Crippen molar-refractivity contribution in [3.63, 3.8) is 0 Å². The molecule has 0 fully saturated rings. The molecule has 3 aromatic carbocycles. The molecule has 25 heavy (non-hydrogen) atoms. The Morgan fingerprint density at radius 1 is 0.760 bits per heavy atom. The molecule has 0 amide bonds. The highest BCUT2D eigenvalue weighted by molar-refractivity contribution is 6.20. The van der Waals surface area contributed by atoms with Gasteiger partial charge in [0.15, 0.2) is 0 Å². The minimum Gasteiger partial charge on any atom is -0.456 e. The molecule has 0 radical (unpaired) electrons. The summed E-state index contributed by atoms with van der Waals surface area (Å²) < 4.78 is 8.52. The Kier molecular flexibility index (Phi) is 2.72. The first-order valence-electron chi connectivity index (χ1n) is 8.78. The fourth-order valence-electron chi connectivity index (χ4n) is 4.27. The average Bonchev–Trinajstić information content (AvgIpc) is 3.09. The zero-order chi connectivity index (χ0) is 17.3. The molecule has 0 spiro atoms. The number of aryl methyl sites for hydroxylation is 1. The number of fused-ring (bicyclic) bond motifs is 6. The van der Waals surface area contributed by atoms with Gasteiger partial charge in [0.25, 0.3) is 0 Å². The van der Waals surface area contributed by atoms with Crippen molar-refractivity contribution in [1.82, 2.24) is 4.57 Å². The van der Waals surface area contributed by atoms with Crippen molar-refractivity contribution in [2.24, 2.45) is 7.05 Å². The molecule has 0 aliphatic carbocycles. The van der Waals surface area contributed by atoms with Gasteiger partial charge in [-0.15, -0.1) is 0 Å². The third kappa shape index (κ3) is 1.85. The second kappa shape index (κ2) is 4.66. The minimum atomic E-state index is 0.00846. The molecule has 2 aromatic heterocycles. The molecule has 0 unspecified atom stereocenters. The Labute approximate surface area is 146 Å². The quantitative estimate of drug-likeness (QED) is 0.316. The van der Waals surface area contributed by atoms with E-state index in [9.17, 15) is 0 Å². The molecule has 0 aliphatic heterocycles. The highest BCUT2D eigenvalue weighted by atomic mass is 16.3. The van der Waals surface area contributed by atoms with Crippen LogP contribution in [0, 0.1) is 0 Å². The molecule has 0 N–H and O–H groups in total. The lowest BCUT2D eigenvalue weighted by molar-refractivity contribution is 0.600. The third-order valence-corrected chi connectivity index (χ3v) is 5.29. The molecule has 2 heteroatoms. The van der Waals surface area contributed by atoms with Crippen molar-refractivity contribution in [3.05, 3.63) is 60.2 Å². The zero-order valence-corrected chi connectivity index (χ0v) is 15.1. The Bertz CT molecular complexity index is 1280. The van der Waals surface area contributed by atoms with Gasteiger partial charge in [-0.3, -0.25) is 0 Å². The molecule has 0 saturated heterocycles. The van der Waals surface area contributed by atoms with Crippen LogP contribution < -0.4 is 0 Å². The molecular weight excluding hydrogens is 306 g/mol. The highest BCUT2D eigenvalue weighted by Crippen LogP contribution is 2.44. The standard InChI is InChI=1S/C23H21NO/c1-23(2,3)22-20-14-9-5-7-11-16(14)24(4)17(20)13-19-21(22)15-10-6-8-12-18(15)25-19/h5-13H,1-4H3. The van der Waals surface area contributed by atoms with Crippen LogP contribution in [0.15, 0.2) is 59.0 Å². The maximum Gasteiger partial charge on any atom is 0.137 e. The number of aromatic nitrogens is 1. The van der Waals surface area contributed by atoms with E-state index < -0.39 is 0 Å². The summed E-state index contributed by atoms with van der Waals surface area (Å²) in [5.41, 5.74) is 5.82. The summed E-state index contributed by atoms with van der Waals surface area (Å²) in [6, 6.07) is 19.2. The summed E-state index contributed by atoms with van der Waals surface area (Å²) in [5.74, 6) is 0. The van der Waals surface area contributed by atoms with Gasteiger partial charge in [-0.25, -0.2) is 0 Å². The van der Waals surface area contributed by atoms with Gasteiger partial charge in [-0.05, 0) is 23.1 Å². The van der Waals surface area contributed by atoms with Crippen molar-refractivity contribution >= 4 is 43.7 Å². The molecule has 5 rings (SSSR count). The number of benzene rings is 3. The third-order valence-electron chi connectivity index (χ3n) is 5.29. The van der Waals surface area contributed by atoms with Crippen molar-refractivity contribution in [2.45, 2.75) is 26.2 Å². The Morgan fingerprint density at radius 3 is 2.20 bits per heavy atom. The first-order chi connectivity index (χ1) is 12.0. The van der Waals surface area contributed by atoms with E-state index >= 15 is 0 Å². The van der Waals surface area contributed by atoms with Crippen LogP contribution in [0.4, 0.5) is 0 Å². The first-order valence-corrected chi connectivity index (χ1v) is 8.78. The molecule has 5 aromatic rings. The lowest BCUT2D eigenvalue weighted by atomic mass is 9.81. The number of furan rings is 1. The van der Waals surface area contributed by atoms with Crippen LogP contribution in [-0.4, -0.2) is 4.57 Å². The van der Waals surface area contributed by atoms with Gasteiger partial charge in [0.2, 0.25) is 0 Å². The van der Waals surface area contributed by atoms with Gasteiger partial charge in [0.1, 0.15) is 11.2 Å². The van der Waals surface area contributed by atoms with Crippen LogP contribution in [0.5, 0.6) is 0 Å². The monoisotopic (exact) mass is 327 g/mol.